The van der Waals surface area contributed by atoms with Crippen molar-refractivity contribution in [1.29, 1.82) is 0 Å². The van der Waals surface area contributed by atoms with Crippen LogP contribution < -0.4 is 63.2 Å². The molecule has 4 bridgehead atoms. The molecule has 0 aliphatic carbocycles. The number of primary amides is 1. The van der Waals surface area contributed by atoms with Gasteiger partial charge in [0.05, 0.1) is 19.0 Å². The molecule has 14 N–H and O–H groups in total. The Morgan fingerprint density at radius 2 is 1.22 bits per heavy atom. The van der Waals surface area contributed by atoms with Gasteiger partial charge in [0.25, 0.3) is 5.91 Å². The molecule has 1 saturated heterocycles. The second kappa shape index (κ2) is 37.5. The summed E-state index contributed by atoms with van der Waals surface area (Å²) in [5.41, 5.74) is 8.28. The summed E-state index contributed by atoms with van der Waals surface area (Å²) in [6, 6.07) is 1.51. The average Bonchev–Trinajstić information content (AvgIpc) is 1.58. The Kier molecular flexibility index (Phi) is 28.9. The van der Waals surface area contributed by atoms with Crippen molar-refractivity contribution < 1.29 is 92.6 Å². The standard InChI is InChI=1S/C64H81N13O19S2/c1-35(78)55-63(93)72-45(24-36-8-12-41(79)13-9-36)58(88)70-46(26-40-28-66-34-67-40)59(89)74-49(56(65)86)32-97-30-38-21-39-23-43(22-38)95-19-4-2-3-5-20-96-68-29-52(81)69-44(16-17-53(82)83)57(87)75-50(33-98-31-39)61(91)73-48(25-37-10-14-42(80)15-11-37)64(94)77-18-6-7-51(77)62(92)71-47(27-54(84)85)60(90)76-55/h8-15,21-23,28-29,34-35,44-51,55,78-80H,2-7,16-20,24-27,30-33H2,1H3,(H2,65,86)(H,66,67)(H,69,81)(H,70,88)(H,71,92)(H,72,93)(H,73,91)(H,74,89)(H,75,87)(H,76,90)(H,82,83)(H,84,85)/p-2/b68-29+/t35-,44+,45+,46+,47+,48+,49+,50+,51+,55+/m1/s1. The van der Waals surface area contributed by atoms with Gasteiger partial charge in [0.15, 0.2) is 0 Å². The highest BCUT2D eigenvalue weighted by Gasteiger charge is 2.41. The highest BCUT2D eigenvalue weighted by molar-refractivity contribution is 7.98. The molecule has 528 valence electrons. The zero-order valence-corrected chi connectivity index (χ0v) is 55.0. The van der Waals surface area contributed by atoms with Crippen molar-refractivity contribution in [2.24, 2.45) is 10.9 Å². The van der Waals surface area contributed by atoms with Gasteiger partial charge < -0.3 is 103 Å². The molecule has 0 unspecified atom stereocenters. The van der Waals surface area contributed by atoms with Crippen LogP contribution in [0.5, 0.6) is 17.2 Å². The number of fused-ring (bicyclic) bond motifs is 6. The van der Waals surface area contributed by atoms with Crippen LogP contribution in [0.1, 0.15) is 92.7 Å². The fourth-order valence-corrected chi connectivity index (χ4v) is 12.8. The molecule has 0 saturated carbocycles. The van der Waals surface area contributed by atoms with Crippen LogP contribution in [0.3, 0.4) is 0 Å². The molecule has 0 spiro atoms. The molecule has 7 rings (SSSR count). The van der Waals surface area contributed by atoms with E-state index in [0.717, 1.165) is 29.8 Å². The molecule has 1 fully saturated rings. The van der Waals surface area contributed by atoms with Crippen LogP contribution in [0, 0.1) is 0 Å². The van der Waals surface area contributed by atoms with E-state index in [-0.39, 0.29) is 86.4 Å². The van der Waals surface area contributed by atoms with Crippen LogP contribution in [0.2, 0.25) is 0 Å². The molecule has 4 heterocycles. The van der Waals surface area contributed by atoms with E-state index in [4.69, 9.17) is 15.3 Å². The summed E-state index contributed by atoms with van der Waals surface area (Å²) in [5.74, 6) is -13.8. The summed E-state index contributed by atoms with van der Waals surface area (Å²) in [6.07, 6.45) is 0.893. The number of aliphatic carboxylic acids is 2. The number of ether oxygens (including phenoxy) is 1. The summed E-state index contributed by atoms with van der Waals surface area (Å²) >= 11 is 2.32. The highest BCUT2D eigenvalue weighted by atomic mass is 32.2. The predicted molar refractivity (Wildman–Crippen MR) is 348 cm³/mol. The maximum absolute atomic E-state index is 15.1. The minimum absolute atomic E-state index is 0.0752. The van der Waals surface area contributed by atoms with Crippen molar-refractivity contribution >= 4 is 101 Å². The summed E-state index contributed by atoms with van der Waals surface area (Å²) in [4.78, 5) is 180. The van der Waals surface area contributed by atoms with Crippen LogP contribution in [0.25, 0.3) is 0 Å². The maximum atomic E-state index is 15.1. The first-order chi connectivity index (χ1) is 46.9. The second-order valence-corrected chi connectivity index (χ2v) is 25.7. The predicted octanol–water partition coefficient (Wildman–Crippen LogP) is -3.61. The fraction of sp³-hybridized carbons (Fsp3) is 0.469. The lowest BCUT2D eigenvalue weighted by Crippen LogP contribution is -2.62. The van der Waals surface area contributed by atoms with Crippen LogP contribution in [0.15, 0.2) is 84.4 Å². The van der Waals surface area contributed by atoms with E-state index in [1.165, 1.54) is 72.8 Å². The van der Waals surface area contributed by atoms with Gasteiger partial charge in [0.2, 0.25) is 53.2 Å². The van der Waals surface area contributed by atoms with Crippen LogP contribution in [-0.2, 0) is 93.1 Å². The van der Waals surface area contributed by atoms with Gasteiger partial charge in [-0.15, -0.1) is 0 Å². The van der Waals surface area contributed by atoms with Crippen LogP contribution >= 0.6 is 23.5 Å². The number of phenols is 2. The quantitative estimate of drug-likeness (QED) is 0.0615. The Morgan fingerprint density at radius 3 is 1.85 bits per heavy atom. The number of H-pyrrole nitrogens is 1. The normalized spacial score (nSPS) is 24.5. The Morgan fingerprint density at radius 1 is 0.643 bits per heavy atom. The van der Waals surface area contributed by atoms with E-state index in [0.29, 0.717) is 59.4 Å². The topological polar surface area (TPSA) is 497 Å². The van der Waals surface area contributed by atoms with Gasteiger partial charge in [-0.1, -0.05) is 35.5 Å². The molecule has 3 aliphatic rings. The zero-order valence-electron chi connectivity index (χ0n) is 53.4. The van der Waals surface area contributed by atoms with Crippen molar-refractivity contribution in [3.05, 3.63) is 107 Å². The second-order valence-electron chi connectivity index (χ2n) is 23.6. The molecule has 10 atom stereocenters. The highest BCUT2D eigenvalue weighted by Crippen LogP contribution is 2.27. The third kappa shape index (κ3) is 24.0. The smallest absolute Gasteiger partial charge is 0.266 e. The number of carboxylic acid groups (broad SMARTS) is 2. The average molecular weight is 1400 g/mol. The lowest BCUT2D eigenvalue weighted by molar-refractivity contribution is -0.307. The third-order valence-electron chi connectivity index (χ3n) is 15.9. The number of phenolic OH excluding ortho intramolecular Hbond substituents is 2. The number of aromatic amines is 1. The lowest BCUT2D eigenvalue weighted by atomic mass is 10.0. The number of rotatable bonds is 13. The molecule has 32 nitrogen and oxygen atoms in total. The first kappa shape index (κ1) is 75.4. The van der Waals surface area contributed by atoms with Gasteiger partial charge in [-0.2, -0.15) is 23.5 Å². The van der Waals surface area contributed by atoms with Gasteiger partial charge in [-0.3, -0.25) is 47.9 Å². The largest absolute Gasteiger partial charge is 0.550 e. The van der Waals surface area contributed by atoms with Crippen LogP contribution in [0.4, 0.5) is 0 Å². The maximum Gasteiger partial charge on any atom is 0.266 e. The fourth-order valence-electron chi connectivity index (χ4n) is 10.8. The van der Waals surface area contributed by atoms with E-state index in [1.807, 2.05) is 6.07 Å². The number of aromatic nitrogens is 2. The number of hydrogen-bond acceptors (Lipinski definition) is 23. The minimum Gasteiger partial charge on any atom is -0.550 e. The number of amides is 10. The van der Waals surface area contributed by atoms with Crippen molar-refractivity contribution in [1.82, 2.24) is 57.4 Å². The molecule has 0 radical (unpaired) electrons. The number of nitrogens with one attached hydrogen (secondary N) is 9. The van der Waals surface area contributed by atoms with Crippen LogP contribution in [-0.4, -0.2) is 199 Å². The number of oxime groups is 1. The lowest BCUT2D eigenvalue weighted by Gasteiger charge is -2.31. The number of benzene rings is 3. The summed E-state index contributed by atoms with van der Waals surface area (Å²) in [5, 5.41) is 79.1. The van der Waals surface area contributed by atoms with Gasteiger partial charge in [-0.05, 0) is 117 Å². The Bertz CT molecular complexity index is 3490. The summed E-state index contributed by atoms with van der Waals surface area (Å²) in [6.45, 7) is 1.34. The number of carbonyl (C=O) groups excluding carboxylic acids is 12. The number of carboxylic acids is 2. The van der Waals surface area contributed by atoms with Crippen molar-refractivity contribution in [3.63, 3.8) is 0 Å². The molecular formula is C64H79N13O19S2-2. The molecule has 4 aromatic rings. The Balaban J connectivity index is 1.30. The number of aromatic hydroxyl groups is 2. The summed E-state index contributed by atoms with van der Waals surface area (Å²) < 4.78 is 6.26. The van der Waals surface area contributed by atoms with E-state index >= 15 is 9.59 Å². The summed E-state index contributed by atoms with van der Waals surface area (Å²) in [7, 11) is 0. The number of imidazole rings is 1. The molecule has 98 heavy (non-hydrogen) atoms. The van der Waals surface area contributed by atoms with Gasteiger partial charge >= 0.3 is 0 Å². The number of aliphatic hydroxyl groups is 1. The van der Waals surface area contributed by atoms with Crippen molar-refractivity contribution in [2.75, 3.05) is 31.3 Å². The van der Waals surface area contributed by atoms with E-state index in [9.17, 15) is 73.5 Å². The Hall–Kier alpha value is -9.96. The first-order valence-electron chi connectivity index (χ1n) is 31.6. The number of nitrogens with zero attached hydrogens (tertiary/aromatic N) is 3. The van der Waals surface area contributed by atoms with E-state index in [2.05, 4.69) is 57.7 Å². The number of nitrogens with two attached hydrogens (primary N) is 1. The zero-order chi connectivity index (χ0) is 70.8. The number of aliphatic hydroxyl groups excluding tert-OH is 1. The van der Waals surface area contributed by atoms with Gasteiger partial charge in [-0.25, -0.2) is 4.98 Å². The SMILES string of the molecule is C[C@@H](O)[C@@H]1NC(=O)[C@H](CC(=O)[O-])NC(=O)[C@@H]2CCCN2C(=O)[C@H](Cc2ccc(O)cc2)NC(=O)[C@@H]2CSCc3cc(cc(c3)OCCCCCCO/N=C/C(=O)N[C@@H](CCC(=O)[O-])C(=O)N2)CSC[C@@H](C(N)=O)NC(=O)[C@H](Cc2cnc[nH]2)NC(=O)[C@H](Cc2ccc(O)cc2)NC1=O. The van der Waals surface area contributed by atoms with Crippen molar-refractivity contribution in [3.8, 4) is 17.2 Å². The number of hydrogen-bond donors (Lipinski definition) is 13. The Labute approximate surface area is 570 Å². The minimum atomic E-state index is -2.07. The first-order valence-corrected chi connectivity index (χ1v) is 33.9. The third-order valence-corrected chi connectivity index (χ3v) is 18.1. The molecule has 1 aromatic heterocycles. The van der Waals surface area contributed by atoms with Crippen molar-refractivity contribution in [2.45, 2.75) is 156 Å². The molecule has 10 amide bonds. The van der Waals surface area contributed by atoms with Gasteiger partial charge in [0.1, 0.15) is 84.4 Å². The molecular weight excluding hydrogens is 1320 g/mol. The molecule has 3 aliphatic heterocycles. The number of thioether (sulfide) groups is 2. The van der Waals surface area contributed by atoms with Gasteiger partial charge in [0, 0.05) is 79.1 Å². The van der Waals surface area contributed by atoms with E-state index < -0.39 is 151 Å². The number of carbonyl (C=O) groups is 12. The van der Waals surface area contributed by atoms with E-state index in [1.54, 1.807) is 12.1 Å². The molecule has 34 heteroatoms. The molecule has 3 aromatic carbocycles. The monoisotopic (exact) mass is 1400 g/mol.